The Balaban J connectivity index is 1.86. The van der Waals surface area contributed by atoms with E-state index in [1.807, 2.05) is 24.3 Å². The van der Waals surface area contributed by atoms with Crippen LogP contribution in [0.15, 0.2) is 30.5 Å². The number of piperazine rings is 1. The number of hydrogen-bond acceptors (Lipinski definition) is 5. The second-order valence-corrected chi connectivity index (χ2v) is 4.94. The number of aryl methyl sites for hydroxylation is 1. The van der Waals surface area contributed by atoms with Gasteiger partial charge in [-0.25, -0.2) is 0 Å². The van der Waals surface area contributed by atoms with E-state index in [2.05, 4.69) is 10.4 Å². The molecule has 0 spiro atoms. The molecule has 1 aromatic heterocycles. The standard InChI is InChI=1S/C14H15N5O2/c1-18-14(15)11(6-16-18)9-2-4-10(5-3-9)19-7-12(20)17-13(21)8-19/h2-6H,7-8,15H2,1H3,(H,17,20,21). The van der Waals surface area contributed by atoms with Gasteiger partial charge in [-0.2, -0.15) is 5.10 Å². The second-order valence-electron chi connectivity index (χ2n) is 4.94. The number of amides is 2. The Morgan fingerprint density at radius 3 is 2.29 bits per heavy atom. The topological polar surface area (TPSA) is 93.2 Å². The number of benzene rings is 1. The summed E-state index contributed by atoms with van der Waals surface area (Å²) in [5.41, 5.74) is 8.57. The average Bonchev–Trinajstić information content (AvgIpc) is 2.78. The summed E-state index contributed by atoms with van der Waals surface area (Å²) in [4.78, 5) is 24.5. The van der Waals surface area contributed by atoms with Crippen molar-refractivity contribution in [3.05, 3.63) is 30.5 Å². The fraction of sp³-hybridized carbons (Fsp3) is 0.214. The quantitative estimate of drug-likeness (QED) is 0.765. The molecule has 1 saturated heterocycles. The van der Waals surface area contributed by atoms with Gasteiger partial charge in [0.2, 0.25) is 11.8 Å². The van der Waals surface area contributed by atoms with Crippen molar-refractivity contribution in [2.75, 3.05) is 23.7 Å². The largest absolute Gasteiger partial charge is 0.383 e. The number of nitrogens with zero attached hydrogens (tertiary/aromatic N) is 3. The molecule has 0 bridgehead atoms. The number of nitrogens with two attached hydrogens (primary N) is 1. The van der Waals surface area contributed by atoms with Crippen LogP contribution in [-0.4, -0.2) is 34.7 Å². The average molecular weight is 285 g/mol. The predicted octanol–water partition coefficient (Wildman–Crippen LogP) is 0.132. The number of nitrogen functional groups attached to an aromatic ring is 1. The summed E-state index contributed by atoms with van der Waals surface area (Å²) in [6.45, 7) is 0.361. The van der Waals surface area contributed by atoms with Crippen molar-refractivity contribution in [1.29, 1.82) is 0 Å². The monoisotopic (exact) mass is 285 g/mol. The summed E-state index contributed by atoms with van der Waals surface area (Å²) in [6.07, 6.45) is 1.71. The normalized spacial score (nSPS) is 15.2. The van der Waals surface area contributed by atoms with Crippen LogP contribution in [0.2, 0.25) is 0 Å². The SMILES string of the molecule is Cn1ncc(-c2ccc(N3CC(=O)NC(=O)C3)cc2)c1N. The molecule has 1 aromatic carbocycles. The molecule has 7 nitrogen and oxygen atoms in total. The van der Waals surface area contributed by atoms with Crippen molar-refractivity contribution in [2.24, 2.45) is 7.05 Å². The highest BCUT2D eigenvalue weighted by molar-refractivity contribution is 6.02. The van der Waals surface area contributed by atoms with E-state index in [1.165, 1.54) is 0 Å². The molecule has 1 aliphatic rings. The molecule has 2 amide bonds. The molecule has 0 atom stereocenters. The summed E-state index contributed by atoms with van der Waals surface area (Å²) in [7, 11) is 1.78. The van der Waals surface area contributed by atoms with Crippen LogP contribution in [0.1, 0.15) is 0 Å². The van der Waals surface area contributed by atoms with Gasteiger partial charge in [-0.1, -0.05) is 12.1 Å². The molecule has 1 aliphatic heterocycles. The lowest BCUT2D eigenvalue weighted by atomic mass is 10.1. The van der Waals surface area contributed by atoms with Crippen LogP contribution in [0.5, 0.6) is 0 Å². The van der Waals surface area contributed by atoms with Crippen molar-refractivity contribution >= 4 is 23.3 Å². The lowest BCUT2D eigenvalue weighted by Gasteiger charge is -2.27. The van der Waals surface area contributed by atoms with Gasteiger partial charge < -0.3 is 10.6 Å². The Morgan fingerprint density at radius 1 is 1.14 bits per heavy atom. The summed E-state index contributed by atoms with van der Waals surface area (Å²) in [6, 6.07) is 7.54. The number of carbonyl (C=O) groups is 2. The molecule has 7 heteroatoms. The number of anilines is 2. The fourth-order valence-corrected chi connectivity index (χ4v) is 2.34. The van der Waals surface area contributed by atoms with E-state index in [0.717, 1.165) is 16.8 Å². The van der Waals surface area contributed by atoms with Gasteiger partial charge in [0.1, 0.15) is 5.82 Å². The van der Waals surface area contributed by atoms with Crippen LogP contribution < -0.4 is 16.0 Å². The summed E-state index contributed by atoms with van der Waals surface area (Å²) < 4.78 is 1.61. The van der Waals surface area contributed by atoms with Crippen LogP contribution in [-0.2, 0) is 16.6 Å². The molecule has 3 rings (SSSR count). The van der Waals surface area contributed by atoms with E-state index in [0.29, 0.717) is 5.82 Å². The molecule has 3 N–H and O–H groups in total. The minimum Gasteiger partial charge on any atom is -0.383 e. The number of aromatic nitrogens is 2. The van der Waals surface area contributed by atoms with Crippen molar-refractivity contribution < 1.29 is 9.59 Å². The maximum absolute atomic E-state index is 11.4. The lowest BCUT2D eigenvalue weighted by molar-refractivity contribution is -0.130. The first-order valence-corrected chi connectivity index (χ1v) is 6.50. The van der Waals surface area contributed by atoms with Crippen LogP contribution in [0.3, 0.4) is 0 Å². The molecule has 108 valence electrons. The van der Waals surface area contributed by atoms with Gasteiger partial charge >= 0.3 is 0 Å². The number of rotatable bonds is 2. The predicted molar refractivity (Wildman–Crippen MR) is 78.4 cm³/mol. The number of nitrogens with one attached hydrogen (secondary N) is 1. The van der Waals surface area contributed by atoms with Crippen molar-refractivity contribution in [3.63, 3.8) is 0 Å². The van der Waals surface area contributed by atoms with Gasteiger partial charge in [-0.15, -0.1) is 0 Å². The van der Waals surface area contributed by atoms with Gasteiger partial charge in [0.05, 0.1) is 19.3 Å². The van der Waals surface area contributed by atoms with Crippen LogP contribution in [0.4, 0.5) is 11.5 Å². The van der Waals surface area contributed by atoms with E-state index >= 15 is 0 Å². The zero-order valence-electron chi connectivity index (χ0n) is 11.5. The van der Waals surface area contributed by atoms with E-state index < -0.39 is 0 Å². The molecule has 2 aromatic rings. The highest BCUT2D eigenvalue weighted by atomic mass is 16.2. The highest BCUT2D eigenvalue weighted by Gasteiger charge is 2.22. The number of carbonyl (C=O) groups excluding carboxylic acids is 2. The summed E-state index contributed by atoms with van der Waals surface area (Å²) >= 11 is 0. The first-order chi connectivity index (χ1) is 10.0. The maximum Gasteiger partial charge on any atom is 0.246 e. The van der Waals surface area contributed by atoms with Crippen molar-refractivity contribution in [2.45, 2.75) is 0 Å². The molecule has 0 saturated carbocycles. The molecule has 21 heavy (non-hydrogen) atoms. The van der Waals surface area contributed by atoms with Gasteiger partial charge in [0.25, 0.3) is 0 Å². The first-order valence-electron chi connectivity index (χ1n) is 6.50. The second kappa shape index (κ2) is 4.93. The Kier molecular flexibility index (Phi) is 3.09. The van der Waals surface area contributed by atoms with E-state index in [1.54, 1.807) is 22.8 Å². The number of imide groups is 1. The van der Waals surface area contributed by atoms with Crippen LogP contribution in [0, 0.1) is 0 Å². The smallest absolute Gasteiger partial charge is 0.246 e. The summed E-state index contributed by atoms with van der Waals surface area (Å²) in [5.74, 6) is 0.0222. The van der Waals surface area contributed by atoms with Gasteiger partial charge in [0, 0.05) is 18.3 Å². The fourth-order valence-electron chi connectivity index (χ4n) is 2.34. The third kappa shape index (κ3) is 2.45. The Labute approximate surface area is 121 Å². The Hall–Kier alpha value is -2.83. The molecule has 2 heterocycles. The van der Waals surface area contributed by atoms with Gasteiger partial charge in [-0.05, 0) is 17.7 Å². The maximum atomic E-state index is 11.4. The van der Waals surface area contributed by atoms with Crippen molar-refractivity contribution in [1.82, 2.24) is 15.1 Å². The molecule has 1 fully saturated rings. The minimum absolute atomic E-state index is 0.181. The lowest BCUT2D eigenvalue weighted by Crippen LogP contribution is -2.51. The third-order valence-corrected chi connectivity index (χ3v) is 3.48. The highest BCUT2D eigenvalue weighted by Crippen LogP contribution is 2.27. The van der Waals surface area contributed by atoms with Crippen LogP contribution in [0.25, 0.3) is 11.1 Å². The molecular formula is C14H15N5O2. The molecule has 0 aliphatic carbocycles. The third-order valence-electron chi connectivity index (χ3n) is 3.48. The van der Waals surface area contributed by atoms with Gasteiger partial charge in [-0.3, -0.25) is 19.6 Å². The molecule has 0 unspecified atom stereocenters. The molecule has 0 radical (unpaired) electrons. The zero-order chi connectivity index (χ0) is 15.0. The van der Waals surface area contributed by atoms with E-state index in [-0.39, 0.29) is 24.9 Å². The first kappa shape index (κ1) is 13.2. The Bertz CT molecular complexity index is 689. The van der Waals surface area contributed by atoms with E-state index in [9.17, 15) is 9.59 Å². The zero-order valence-corrected chi connectivity index (χ0v) is 11.5. The molecular weight excluding hydrogens is 270 g/mol. The minimum atomic E-state index is -0.285. The van der Waals surface area contributed by atoms with Crippen molar-refractivity contribution in [3.8, 4) is 11.1 Å². The van der Waals surface area contributed by atoms with Crippen LogP contribution >= 0.6 is 0 Å². The number of hydrogen-bond donors (Lipinski definition) is 2. The van der Waals surface area contributed by atoms with E-state index in [4.69, 9.17) is 5.73 Å². The summed E-state index contributed by atoms with van der Waals surface area (Å²) in [5, 5.41) is 6.39. The Morgan fingerprint density at radius 2 is 1.76 bits per heavy atom. The van der Waals surface area contributed by atoms with Gasteiger partial charge in [0.15, 0.2) is 0 Å².